The van der Waals surface area contributed by atoms with Crippen molar-refractivity contribution in [1.29, 1.82) is 0 Å². The van der Waals surface area contributed by atoms with Crippen LogP contribution in [0.5, 0.6) is 40.2 Å². The number of fused-ring (bicyclic) bond motifs is 3. The van der Waals surface area contributed by atoms with E-state index in [1.807, 2.05) is 218 Å². The molecule has 97 heavy (non-hydrogen) atoms. The van der Waals surface area contributed by atoms with Crippen LogP contribution in [0.4, 0.5) is 0 Å². The van der Waals surface area contributed by atoms with Crippen molar-refractivity contribution in [1.82, 2.24) is 76.8 Å². The number of para-hydroxylation sites is 3. The summed E-state index contributed by atoms with van der Waals surface area (Å²) in [5.74, 6) is 6.96. The highest BCUT2D eigenvalue weighted by Crippen LogP contribution is 2.27. The van der Waals surface area contributed by atoms with Crippen molar-refractivity contribution in [2.75, 3.05) is 0 Å². The molecule has 0 aliphatic rings. The van der Waals surface area contributed by atoms with Crippen LogP contribution in [-0.2, 0) is 59.1 Å². The summed E-state index contributed by atoms with van der Waals surface area (Å²) >= 11 is 0. The maximum Gasteiger partial charge on any atom is 0.211 e. The van der Waals surface area contributed by atoms with E-state index in [2.05, 4.69) is 113 Å². The number of pyridine rings is 3. The van der Waals surface area contributed by atoms with Crippen molar-refractivity contribution >= 4 is 32.7 Å². The molecule has 6 heterocycles. The molecule has 0 aliphatic carbocycles. The van der Waals surface area contributed by atoms with Crippen LogP contribution in [0.1, 0.15) is 62.4 Å². The van der Waals surface area contributed by atoms with Crippen molar-refractivity contribution < 1.29 is 33.2 Å². The summed E-state index contributed by atoms with van der Waals surface area (Å²) in [5.41, 5.74) is 10.9. The minimum absolute atomic E-state index is 0.242. The standard InChI is InChI=1S/C25H21N5O3.2C25H21N5O2/c1-2-10-24-19(6-1)11-12-20(26-24)16-32-23-9-4-8-22(14-23)31-15-18-5-3-7-21(13-18)33-17-25-27-29-30-28-25;1-2-10-24-20(7-1)11-12-21(26-24)17-32-23-9-4-8-22(15-23)31-16-19-6-3-5-18(13-19)14-25-27-29-30-28-25;1-2-7-24-20(4-1)12-13-21(26-24)17-32-23-6-3-5-22(15-23)31-16-19-10-8-18(9-11-19)14-25-27-29-30-28-25/h1-14H,15-17H2,(H,27,28,29,30);2*1-13,15H,14,16-17H2,(H,27,28,29,30). The van der Waals surface area contributed by atoms with E-state index >= 15 is 0 Å². The summed E-state index contributed by atoms with van der Waals surface area (Å²) in [6, 6.07) is 83.2. The van der Waals surface area contributed by atoms with E-state index in [0.29, 0.717) is 75.7 Å². The molecule has 22 heteroatoms. The van der Waals surface area contributed by atoms with Crippen molar-refractivity contribution in [3.8, 4) is 40.2 Å². The van der Waals surface area contributed by atoms with Gasteiger partial charge in [0.15, 0.2) is 18.3 Å². The number of rotatable bonds is 25. The van der Waals surface area contributed by atoms with Gasteiger partial charge >= 0.3 is 0 Å². The first-order valence-corrected chi connectivity index (χ1v) is 31.1. The van der Waals surface area contributed by atoms with Crippen LogP contribution in [0.15, 0.2) is 255 Å². The molecule has 0 unspecified atom stereocenters. The highest BCUT2D eigenvalue weighted by molar-refractivity contribution is 5.80. The Hall–Kier alpha value is -13.0. The van der Waals surface area contributed by atoms with Gasteiger partial charge in [0, 0.05) is 47.2 Å². The Balaban J connectivity index is 0.000000131. The topological polar surface area (TPSA) is 267 Å². The maximum atomic E-state index is 5.99. The Labute approximate surface area is 556 Å². The van der Waals surface area contributed by atoms with Crippen LogP contribution in [0.3, 0.4) is 0 Å². The van der Waals surface area contributed by atoms with E-state index in [1.165, 1.54) is 0 Å². The van der Waals surface area contributed by atoms with E-state index in [0.717, 1.165) is 112 Å². The zero-order valence-corrected chi connectivity index (χ0v) is 52.3. The zero-order chi connectivity index (χ0) is 65.5. The molecule has 15 aromatic rings. The molecule has 0 radical (unpaired) electrons. The third-order valence-electron chi connectivity index (χ3n) is 14.9. The van der Waals surface area contributed by atoms with Gasteiger partial charge in [0.1, 0.15) is 79.9 Å². The van der Waals surface area contributed by atoms with Crippen LogP contribution in [0.2, 0.25) is 0 Å². The highest BCUT2D eigenvalue weighted by Gasteiger charge is 2.10. The average molecular weight is 1290 g/mol. The van der Waals surface area contributed by atoms with E-state index < -0.39 is 0 Å². The van der Waals surface area contributed by atoms with Gasteiger partial charge in [-0.25, -0.2) is 15.0 Å². The lowest BCUT2D eigenvalue weighted by Gasteiger charge is -2.11. The van der Waals surface area contributed by atoms with Gasteiger partial charge in [-0.05, 0) is 113 Å². The second-order valence-electron chi connectivity index (χ2n) is 22.1. The van der Waals surface area contributed by atoms with Crippen LogP contribution in [0.25, 0.3) is 32.7 Å². The van der Waals surface area contributed by atoms with Crippen molar-refractivity contribution in [2.45, 2.75) is 59.1 Å². The quantitative estimate of drug-likeness (QED) is 0.0480. The fourth-order valence-electron chi connectivity index (χ4n) is 10.1. The van der Waals surface area contributed by atoms with Gasteiger partial charge < -0.3 is 33.2 Å². The Bertz CT molecular complexity index is 4950. The number of hydrogen-bond donors (Lipinski definition) is 3. The number of ether oxygens (including phenoxy) is 7. The highest BCUT2D eigenvalue weighted by atomic mass is 16.5. The fraction of sp³-hybridized carbons (Fsp3) is 0.120. The molecule has 3 N–H and O–H groups in total. The molecule has 22 nitrogen and oxygen atoms in total. The number of tetrazole rings is 3. The molecule has 0 saturated heterocycles. The Morgan fingerprint density at radius 1 is 0.237 bits per heavy atom. The molecule has 6 aromatic heterocycles. The predicted molar refractivity (Wildman–Crippen MR) is 362 cm³/mol. The van der Waals surface area contributed by atoms with Gasteiger partial charge in [-0.3, -0.25) is 0 Å². The van der Waals surface area contributed by atoms with Crippen molar-refractivity contribution in [3.63, 3.8) is 0 Å². The molecular formula is C75H63N15O7. The number of benzene rings is 9. The molecule has 0 fully saturated rings. The first kappa shape index (κ1) is 62.8. The molecule has 0 atom stereocenters. The van der Waals surface area contributed by atoms with Crippen LogP contribution in [-0.4, -0.2) is 76.8 Å². The molecule has 9 aromatic carbocycles. The summed E-state index contributed by atoms with van der Waals surface area (Å²) < 4.78 is 41.4. The van der Waals surface area contributed by atoms with E-state index in [-0.39, 0.29) is 6.61 Å². The number of nitrogens with zero attached hydrogens (tertiary/aromatic N) is 12. The Morgan fingerprint density at radius 3 is 1.00 bits per heavy atom. The molecule has 15 rings (SSSR count). The molecule has 0 aliphatic heterocycles. The summed E-state index contributed by atoms with van der Waals surface area (Å²) in [6.45, 7) is 2.74. The average Bonchev–Trinajstić information content (AvgIpc) is 2.07. The van der Waals surface area contributed by atoms with Crippen LogP contribution >= 0.6 is 0 Å². The van der Waals surface area contributed by atoms with E-state index in [9.17, 15) is 0 Å². The SMILES string of the molecule is c1cc(COc2cccc(OCc3ccc4ccccc4n3)c2)cc(Cc2nn[nH]n2)c1.c1cc(OCc2ccc(Cc3nn[nH]n3)cc2)cc(OCc2ccc3ccccc3n2)c1.c1cc(OCc2cccc(OCc3nn[nH]n3)c2)cc(OCc2ccc3ccccc3n2)c1. The largest absolute Gasteiger partial charge is 0.489 e. The third kappa shape index (κ3) is 18.6. The van der Waals surface area contributed by atoms with Crippen LogP contribution < -0.4 is 33.2 Å². The van der Waals surface area contributed by atoms with Gasteiger partial charge in [-0.15, -0.1) is 30.6 Å². The molecule has 0 bridgehead atoms. The molecule has 0 spiro atoms. The number of hydrogen-bond acceptors (Lipinski definition) is 19. The summed E-state index contributed by atoms with van der Waals surface area (Å²) in [4.78, 5) is 13.9. The van der Waals surface area contributed by atoms with Gasteiger partial charge in [-0.2, -0.15) is 15.6 Å². The Morgan fingerprint density at radius 2 is 0.567 bits per heavy atom. The normalized spacial score (nSPS) is 10.8. The summed E-state index contributed by atoms with van der Waals surface area (Å²) in [5, 5.41) is 45.1. The van der Waals surface area contributed by atoms with Crippen molar-refractivity contribution in [2.24, 2.45) is 0 Å². The monoisotopic (exact) mass is 1290 g/mol. The first-order valence-electron chi connectivity index (χ1n) is 31.1. The lowest BCUT2D eigenvalue weighted by atomic mass is 10.1. The lowest BCUT2D eigenvalue weighted by Crippen LogP contribution is -2.00. The molecular weight excluding hydrogens is 1220 g/mol. The second kappa shape index (κ2) is 32.0. The first-order chi connectivity index (χ1) is 47.9. The lowest BCUT2D eigenvalue weighted by molar-refractivity contribution is 0.283. The van der Waals surface area contributed by atoms with Gasteiger partial charge in [0.2, 0.25) is 5.82 Å². The summed E-state index contributed by atoms with van der Waals surface area (Å²) in [6.07, 6.45) is 1.26. The smallest absolute Gasteiger partial charge is 0.211 e. The van der Waals surface area contributed by atoms with Gasteiger partial charge in [-0.1, -0.05) is 167 Å². The number of aromatic nitrogens is 15. The second-order valence-corrected chi connectivity index (χ2v) is 22.1. The van der Waals surface area contributed by atoms with E-state index in [4.69, 9.17) is 33.2 Å². The molecule has 0 saturated carbocycles. The number of H-pyrrole nitrogens is 3. The van der Waals surface area contributed by atoms with Gasteiger partial charge in [0.05, 0.1) is 33.6 Å². The predicted octanol–water partition coefficient (Wildman–Crippen LogP) is 13.5. The fourth-order valence-corrected chi connectivity index (χ4v) is 10.1. The number of aromatic amines is 3. The number of nitrogens with one attached hydrogen (secondary N) is 3. The van der Waals surface area contributed by atoms with Crippen molar-refractivity contribution in [3.05, 3.63) is 317 Å². The minimum Gasteiger partial charge on any atom is -0.489 e. The maximum absolute atomic E-state index is 5.99. The Kier molecular flexibility index (Phi) is 20.7. The van der Waals surface area contributed by atoms with E-state index in [1.54, 1.807) is 0 Å². The molecule has 480 valence electrons. The van der Waals surface area contributed by atoms with Gasteiger partial charge in [0.25, 0.3) is 0 Å². The summed E-state index contributed by atoms with van der Waals surface area (Å²) in [7, 11) is 0. The zero-order valence-electron chi connectivity index (χ0n) is 52.3. The van der Waals surface area contributed by atoms with Crippen LogP contribution in [0, 0.1) is 0 Å². The third-order valence-corrected chi connectivity index (χ3v) is 14.9. The molecule has 0 amide bonds. The minimum atomic E-state index is 0.242.